The topological polar surface area (TPSA) is 82.6 Å². The second-order valence-corrected chi connectivity index (χ2v) is 8.25. The van der Waals surface area contributed by atoms with E-state index in [2.05, 4.69) is 33.1 Å². The third-order valence-corrected chi connectivity index (χ3v) is 5.16. The van der Waals surface area contributed by atoms with Gasteiger partial charge in [-0.05, 0) is 42.7 Å². The van der Waals surface area contributed by atoms with Gasteiger partial charge in [0.25, 0.3) is 0 Å². The first-order valence-electron chi connectivity index (χ1n) is 9.01. The molecule has 0 aliphatic heterocycles. The molecule has 0 aromatic heterocycles. The van der Waals surface area contributed by atoms with Gasteiger partial charge in [-0.15, -0.1) is 24.0 Å². The van der Waals surface area contributed by atoms with Gasteiger partial charge in [0, 0.05) is 38.6 Å². The van der Waals surface area contributed by atoms with Crippen LogP contribution in [-0.4, -0.2) is 47.3 Å². The summed E-state index contributed by atoms with van der Waals surface area (Å²) in [5.41, 5.74) is 2.21. The number of guanidine groups is 1. The molecule has 2 aromatic rings. The third kappa shape index (κ3) is 8.92. The summed E-state index contributed by atoms with van der Waals surface area (Å²) >= 11 is 0. The largest absolute Gasteiger partial charge is 0.385 e. The monoisotopic (exact) mass is 516 g/mol. The van der Waals surface area contributed by atoms with E-state index in [4.69, 9.17) is 0 Å². The van der Waals surface area contributed by atoms with E-state index in [1.807, 2.05) is 30.3 Å². The number of benzene rings is 2. The van der Waals surface area contributed by atoms with Crippen LogP contribution in [0.25, 0.3) is 0 Å². The van der Waals surface area contributed by atoms with Crippen molar-refractivity contribution in [2.75, 3.05) is 38.3 Å². The van der Waals surface area contributed by atoms with E-state index < -0.39 is 9.84 Å². The van der Waals surface area contributed by atoms with Crippen molar-refractivity contribution in [2.45, 2.75) is 17.7 Å². The number of nitrogens with zero attached hydrogens (tertiary/aromatic N) is 1. The summed E-state index contributed by atoms with van der Waals surface area (Å²) in [6.45, 7) is 2.43. The van der Waals surface area contributed by atoms with Crippen molar-refractivity contribution in [3.05, 3.63) is 60.2 Å². The normalized spacial score (nSPS) is 11.4. The van der Waals surface area contributed by atoms with Crippen LogP contribution < -0.4 is 16.0 Å². The third-order valence-electron chi connectivity index (χ3n) is 4.03. The maximum absolute atomic E-state index is 11.5. The molecule has 0 unspecified atom stereocenters. The molecular weight excluding hydrogens is 487 g/mol. The van der Waals surface area contributed by atoms with E-state index in [-0.39, 0.29) is 24.0 Å². The van der Waals surface area contributed by atoms with E-state index in [9.17, 15) is 8.42 Å². The molecule has 6 nitrogen and oxygen atoms in total. The molecule has 154 valence electrons. The van der Waals surface area contributed by atoms with E-state index in [1.165, 1.54) is 6.26 Å². The average molecular weight is 516 g/mol. The maximum Gasteiger partial charge on any atom is 0.190 e. The summed E-state index contributed by atoms with van der Waals surface area (Å²) in [7, 11) is -1.39. The molecule has 0 radical (unpaired) electrons. The van der Waals surface area contributed by atoms with Crippen molar-refractivity contribution >= 4 is 45.5 Å². The lowest BCUT2D eigenvalue weighted by Gasteiger charge is -2.12. The Labute approximate surface area is 185 Å². The zero-order valence-corrected chi connectivity index (χ0v) is 19.5. The predicted molar refractivity (Wildman–Crippen MR) is 128 cm³/mol. The minimum atomic E-state index is -3.14. The summed E-state index contributed by atoms with van der Waals surface area (Å²) in [5, 5.41) is 9.94. The highest BCUT2D eigenvalue weighted by atomic mass is 127. The van der Waals surface area contributed by atoms with Crippen molar-refractivity contribution in [1.29, 1.82) is 0 Å². The molecule has 8 heteroatoms. The van der Waals surface area contributed by atoms with E-state index in [0.717, 1.165) is 49.7 Å². The average Bonchev–Trinajstić information content (AvgIpc) is 2.67. The summed E-state index contributed by atoms with van der Waals surface area (Å²) in [6, 6.07) is 17.1. The van der Waals surface area contributed by atoms with Crippen molar-refractivity contribution < 1.29 is 8.42 Å². The van der Waals surface area contributed by atoms with Crippen LogP contribution in [0.4, 0.5) is 5.69 Å². The van der Waals surface area contributed by atoms with Gasteiger partial charge in [0.1, 0.15) is 0 Å². The predicted octanol–water partition coefficient (Wildman–Crippen LogP) is 2.92. The number of rotatable bonds is 9. The van der Waals surface area contributed by atoms with Crippen LogP contribution in [0.5, 0.6) is 0 Å². The molecule has 0 amide bonds. The lowest BCUT2D eigenvalue weighted by molar-refractivity contribution is 0.602. The molecule has 3 N–H and O–H groups in total. The molecule has 0 saturated heterocycles. The highest BCUT2D eigenvalue weighted by Gasteiger charge is 2.06. The highest BCUT2D eigenvalue weighted by molar-refractivity contribution is 14.0. The van der Waals surface area contributed by atoms with Crippen LogP contribution in [0.15, 0.2) is 64.5 Å². The molecule has 0 fully saturated rings. The SMILES string of the molecule is CN=C(NCCCNc1ccccc1)NCCc1ccc(S(C)(=O)=O)cc1.I. The van der Waals surface area contributed by atoms with Crippen LogP contribution >= 0.6 is 24.0 Å². The molecule has 2 aromatic carbocycles. The van der Waals surface area contributed by atoms with Gasteiger partial charge in [0.15, 0.2) is 15.8 Å². The molecular formula is C20H29IN4O2S. The number of anilines is 1. The first-order chi connectivity index (χ1) is 13.0. The Bertz CT molecular complexity index is 825. The Hall–Kier alpha value is -1.81. The number of hydrogen-bond acceptors (Lipinski definition) is 4. The van der Waals surface area contributed by atoms with Crippen LogP contribution in [-0.2, 0) is 16.3 Å². The van der Waals surface area contributed by atoms with Gasteiger partial charge in [0.2, 0.25) is 0 Å². The fourth-order valence-electron chi connectivity index (χ4n) is 2.53. The van der Waals surface area contributed by atoms with Crippen molar-refractivity contribution in [3.63, 3.8) is 0 Å². The van der Waals surface area contributed by atoms with Gasteiger partial charge in [-0.2, -0.15) is 0 Å². The Balaban J connectivity index is 0.00000392. The van der Waals surface area contributed by atoms with Gasteiger partial charge in [0.05, 0.1) is 4.90 Å². The minimum Gasteiger partial charge on any atom is -0.385 e. The Morgan fingerprint density at radius 1 is 0.929 bits per heavy atom. The molecule has 0 spiro atoms. The molecule has 0 aliphatic rings. The molecule has 0 aliphatic carbocycles. The number of sulfone groups is 1. The van der Waals surface area contributed by atoms with Crippen molar-refractivity contribution in [3.8, 4) is 0 Å². The van der Waals surface area contributed by atoms with Gasteiger partial charge < -0.3 is 16.0 Å². The summed E-state index contributed by atoms with van der Waals surface area (Å²) in [6.07, 6.45) is 2.98. The number of para-hydroxylation sites is 1. The number of aliphatic imine (C=N–C) groups is 1. The Morgan fingerprint density at radius 2 is 1.57 bits per heavy atom. The van der Waals surface area contributed by atoms with Gasteiger partial charge in [-0.3, -0.25) is 4.99 Å². The summed E-state index contributed by atoms with van der Waals surface area (Å²) in [4.78, 5) is 4.56. The number of nitrogens with one attached hydrogen (secondary N) is 3. The second-order valence-electron chi connectivity index (χ2n) is 6.24. The zero-order valence-electron chi connectivity index (χ0n) is 16.3. The van der Waals surface area contributed by atoms with Crippen molar-refractivity contribution in [1.82, 2.24) is 10.6 Å². The van der Waals surface area contributed by atoms with Crippen molar-refractivity contribution in [2.24, 2.45) is 4.99 Å². The summed E-state index contributed by atoms with van der Waals surface area (Å²) < 4.78 is 22.9. The first-order valence-corrected chi connectivity index (χ1v) is 10.9. The Kier molecular flexibility index (Phi) is 10.9. The lowest BCUT2D eigenvalue weighted by atomic mass is 10.1. The summed E-state index contributed by atoms with van der Waals surface area (Å²) in [5.74, 6) is 0.766. The first kappa shape index (κ1) is 24.2. The van der Waals surface area contributed by atoms with Crippen LogP contribution in [0, 0.1) is 0 Å². The van der Waals surface area contributed by atoms with Crippen LogP contribution in [0.3, 0.4) is 0 Å². The molecule has 0 saturated carbocycles. The van der Waals surface area contributed by atoms with E-state index in [0.29, 0.717) is 4.90 Å². The second kappa shape index (κ2) is 12.6. The molecule has 2 rings (SSSR count). The van der Waals surface area contributed by atoms with E-state index >= 15 is 0 Å². The standard InChI is InChI=1S/C20H28N4O2S.HI/c1-21-20(23-15-6-14-22-18-7-4-3-5-8-18)24-16-13-17-9-11-19(12-10-17)27(2,25)26;/h3-5,7-12,22H,6,13-16H2,1-2H3,(H2,21,23,24);1H. The van der Waals surface area contributed by atoms with Crippen LogP contribution in [0.2, 0.25) is 0 Å². The Morgan fingerprint density at radius 3 is 2.18 bits per heavy atom. The van der Waals surface area contributed by atoms with Gasteiger partial charge >= 0.3 is 0 Å². The fraction of sp³-hybridized carbons (Fsp3) is 0.350. The highest BCUT2D eigenvalue weighted by Crippen LogP contribution is 2.10. The minimum absolute atomic E-state index is 0. The molecule has 0 bridgehead atoms. The smallest absolute Gasteiger partial charge is 0.190 e. The lowest BCUT2D eigenvalue weighted by Crippen LogP contribution is -2.39. The van der Waals surface area contributed by atoms with E-state index in [1.54, 1.807) is 19.2 Å². The maximum atomic E-state index is 11.5. The van der Waals surface area contributed by atoms with Crippen LogP contribution in [0.1, 0.15) is 12.0 Å². The molecule has 28 heavy (non-hydrogen) atoms. The zero-order chi connectivity index (χ0) is 19.5. The molecule has 0 atom stereocenters. The molecule has 0 heterocycles. The fourth-order valence-corrected chi connectivity index (χ4v) is 3.16. The van der Waals surface area contributed by atoms with Gasteiger partial charge in [-0.1, -0.05) is 30.3 Å². The number of halogens is 1. The quantitative estimate of drug-likeness (QED) is 0.207. The number of hydrogen-bond donors (Lipinski definition) is 3. The van der Waals surface area contributed by atoms with Gasteiger partial charge in [-0.25, -0.2) is 8.42 Å².